The third-order valence-electron chi connectivity index (χ3n) is 3.43. The first-order valence-corrected chi connectivity index (χ1v) is 7.35. The number of pyridine rings is 1. The van der Waals surface area contributed by atoms with E-state index in [1.165, 1.54) is 31.5 Å². The van der Waals surface area contributed by atoms with Crippen LogP contribution in [0.15, 0.2) is 41.3 Å². The molecule has 128 valence electrons. The van der Waals surface area contributed by atoms with Gasteiger partial charge in [-0.15, -0.1) is 0 Å². The highest BCUT2D eigenvalue weighted by molar-refractivity contribution is 6.31. The Labute approximate surface area is 145 Å². The maximum Gasteiger partial charge on any atom is 0.345 e. The van der Waals surface area contributed by atoms with Crippen molar-refractivity contribution < 1.29 is 19.0 Å². The number of benzene rings is 1. The summed E-state index contributed by atoms with van der Waals surface area (Å²) in [5, 5.41) is 11.9. The maximum atomic E-state index is 13.3. The van der Waals surface area contributed by atoms with Gasteiger partial charge in [0, 0.05) is 11.9 Å². The lowest BCUT2D eigenvalue weighted by molar-refractivity contribution is 0.0695. The number of carboxylic acid groups (broad SMARTS) is 1. The third kappa shape index (κ3) is 2.99. The Balaban J connectivity index is 2.25. The number of carbonyl (C=O) groups is 1. The van der Waals surface area contributed by atoms with Crippen molar-refractivity contribution >= 4 is 34.7 Å². The molecule has 2 N–H and O–H groups in total. The van der Waals surface area contributed by atoms with E-state index < -0.39 is 22.9 Å². The van der Waals surface area contributed by atoms with Gasteiger partial charge in [0.25, 0.3) is 5.56 Å². The van der Waals surface area contributed by atoms with Gasteiger partial charge in [-0.05, 0) is 30.3 Å². The van der Waals surface area contributed by atoms with Crippen LogP contribution in [0.3, 0.4) is 0 Å². The van der Waals surface area contributed by atoms with Gasteiger partial charge in [0.2, 0.25) is 0 Å². The number of nitrogens with one attached hydrogen (secondary N) is 1. The number of anilines is 2. The van der Waals surface area contributed by atoms with Crippen molar-refractivity contribution in [3.05, 3.63) is 63.3 Å². The topological polar surface area (TPSA) is 92.9 Å². The molecule has 0 bridgehead atoms. The van der Waals surface area contributed by atoms with Gasteiger partial charge in [-0.2, -0.15) is 0 Å². The van der Waals surface area contributed by atoms with Crippen LogP contribution in [0.2, 0.25) is 5.02 Å². The minimum Gasteiger partial charge on any atom is -0.493 e. The van der Waals surface area contributed by atoms with E-state index in [4.69, 9.17) is 16.3 Å². The molecule has 0 aliphatic heterocycles. The molecule has 2 heterocycles. The van der Waals surface area contributed by atoms with Crippen molar-refractivity contribution in [1.29, 1.82) is 0 Å². The minimum absolute atomic E-state index is 0.135. The molecule has 3 aromatic rings. The maximum absolute atomic E-state index is 13.3. The number of carboxylic acids is 1. The molecule has 25 heavy (non-hydrogen) atoms. The average molecular weight is 364 g/mol. The first-order chi connectivity index (χ1) is 11.9. The van der Waals surface area contributed by atoms with Crippen LogP contribution in [0.5, 0.6) is 5.75 Å². The molecule has 7 nitrogen and oxygen atoms in total. The summed E-state index contributed by atoms with van der Waals surface area (Å²) in [5.74, 6) is -1.99. The SMILES string of the molecule is COc1cccn2c(=O)c(C(=O)O)c(Nc3ccc(F)c(Cl)c3)nc12. The van der Waals surface area contributed by atoms with Crippen LogP contribution in [0, 0.1) is 5.82 Å². The van der Waals surface area contributed by atoms with E-state index in [1.54, 1.807) is 6.07 Å². The van der Waals surface area contributed by atoms with Crippen molar-refractivity contribution in [1.82, 2.24) is 9.38 Å². The van der Waals surface area contributed by atoms with Crippen LogP contribution in [0.25, 0.3) is 5.65 Å². The molecule has 0 atom stereocenters. The Morgan fingerprint density at radius 2 is 2.16 bits per heavy atom. The summed E-state index contributed by atoms with van der Waals surface area (Å²) in [6.07, 6.45) is 1.39. The zero-order valence-corrected chi connectivity index (χ0v) is 13.5. The second-order valence-electron chi connectivity index (χ2n) is 4.97. The summed E-state index contributed by atoms with van der Waals surface area (Å²) in [7, 11) is 1.40. The lowest BCUT2D eigenvalue weighted by Crippen LogP contribution is -2.25. The molecule has 0 saturated carbocycles. The zero-order valence-electron chi connectivity index (χ0n) is 12.8. The minimum atomic E-state index is -1.45. The first-order valence-electron chi connectivity index (χ1n) is 6.97. The highest BCUT2D eigenvalue weighted by atomic mass is 35.5. The summed E-state index contributed by atoms with van der Waals surface area (Å²) in [6, 6.07) is 6.83. The fourth-order valence-electron chi connectivity index (χ4n) is 2.29. The van der Waals surface area contributed by atoms with Gasteiger partial charge in [0.15, 0.2) is 22.8 Å². The quantitative estimate of drug-likeness (QED) is 0.740. The number of hydrogen-bond acceptors (Lipinski definition) is 5. The average Bonchev–Trinajstić information content (AvgIpc) is 2.57. The molecule has 0 saturated heterocycles. The van der Waals surface area contributed by atoms with E-state index in [0.29, 0.717) is 0 Å². The predicted molar refractivity (Wildman–Crippen MR) is 89.7 cm³/mol. The smallest absolute Gasteiger partial charge is 0.345 e. The Hall–Kier alpha value is -3.13. The van der Waals surface area contributed by atoms with Crippen molar-refractivity contribution in [3.63, 3.8) is 0 Å². The lowest BCUT2D eigenvalue weighted by Gasteiger charge is -2.12. The molecule has 0 aliphatic rings. The van der Waals surface area contributed by atoms with Crippen LogP contribution < -0.4 is 15.6 Å². The van der Waals surface area contributed by atoms with E-state index in [-0.39, 0.29) is 27.9 Å². The van der Waals surface area contributed by atoms with Crippen LogP contribution in [0.1, 0.15) is 10.4 Å². The fourth-order valence-corrected chi connectivity index (χ4v) is 2.47. The van der Waals surface area contributed by atoms with Gasteiger partial charge in [-0.1, -0.05) is 11.6 Å². The Morgan fingerprint density at radius 1 is 1.40 bits per heavy atom. The van der Waals surface area contributed by atoms with Gasteiger partial charge < -0.3 is 15.2 Å². The van der Waals surface area contributed by atoms with E-state index in [1.807, 2.05) is 0 Å². The van der Waals surface area contributed by atoms with Gasteiger partial charge in [-0.25, -0.2) is 14.2 Å². The molecular weight excluding hydrogens is 353 g/mol. The van der Waals surface area contributed by atoms with Crippen molar-refractivity contribution in [2.24, 2.45) is 0 Å². The number of ether oxygens (including phenoxy) is 1. The first kappa shape index (κ1) is 16.7. The highest BCUT2D eigenvalue weighted by Gasteiger charge is 2.21. The molecular formula is C16H11ClFN3O4. The lowest BCUT2D eigenvalue weighted by atomic mass is 10.2. The summed E-state index contributed by atoms with van der Waals surface area (Å²) < 4.78 is 19.5. The summed E-state index contributed by atoms with van der Waals surface area (Å²) in [6.45, 7) is 0. The number of rotatable bonds is 4. The molecule has 3 rings (SSSR count). The summed E-state index contributed by atoms with van der Waals surface area (Å²) in [5.41, 5.74) is -0.936. The highest BCUT2D eigenvalue weighted by Crippen LogP contribution is 2.25. The van der Waals surface area contributed by atoms with E-state index >= 15 is 0 Å². The number of nitrogens with zero attached hydrogens (tertiary/aromatic N) is 2. The normalized spacial score (nSPS) is 10.7. The van der Waals surface area contributed by atoms with Crippen LogP contribution >= 0.6 is 11.6 Å². The van der Waals surface area contributed by atoms with Gasteiger partial charge in [-0.3, -0.25) is 9.20 Å². The van der Waals surface area contributed by atoms with Crippen molar-refractivity contribution in [2.75, 3.05) is 12.4 Å². The summed E-state index contributed by atoms with van der Waals surface area (Å²) in [4.78, 5) is 28.3. The van der Waals surface area contributed by atoms with E-state index in [9.17, 15) is 19.1 Å². The second-order valence-corrected chi connectivity index (χ2v) is 5.38. The molecule has 0 amide bonds. The number of methoxy groups -OCH3 is 1. The molecule has 0 radical (unpaired) electrons. The largest absolute Gasteiger partial charge is 0.493 e. The number of aromatic carboxylic acids is 1. The van der Waals surface area contributed by atoms with Crippen molar-refractivity contribution in [3.8, 4) is 5.75 Å². The van der Waals surface area contributed by atoms with Gasteiger partial charge in [0.05, 0.1) is 12.1 Å². The third-order valence-corrected chi connectivity index (χ3v) is 3.72. The molecule has 0 fully saturated rings. The van der Waals surface area contributed by atoms with E-state index in [0.717, 1.165) is 10.5 Å². The second kappa shape index (κ2) is 6.40. The monoisotopic (exact) mass is 363 g/mol. The molecule has 0 unspecified atom stereocenters. The number of halogens is 2. The number of fused-ring (bicyclic) bond motifs is 1. The standard InChI is InChI=1S/C16H11ClFN3O4/c1-25-11-3-2-6-21-14(11)20-13(12(15(21)22)16(23)24)19-8-4-5-10(18)9(17)7-8/h2-7,19H,1H3,(H,23,24). The Bertz CT molecular complexity index is 1050. The number of aromatic nitrogens is 2. The number of hydrogen-bond donors (Lipinski definition) is 2. The molecule has 1 aromatic carbocycles. The van der Waals surface area contributed by atoms with Crippen molar-refractivity contribution in [2.45, 2.75) is 0 Å². The fraction of sp³-hybridized carbons (Fsp3) is 0.0625. The Morgan fingerprint density at radius 3 is 2.80 bits per heavy atom. The predicted octanol–water partition coefficient (Wildman–Crippen LogP) is 2.94. The summed E-state index contributed by atoms with van der Waals surface area (Å²) >= 11 is 5.72. The molecule has 2 aromatic heterocycles. The van der Waals surface area contributed by atoms with Crippen LogP contribution in [-0.2, 0) is 0 Å². The van der Waals surface area contributed by atoms with Gasteiger partial charge >= 0.3 is 5.97 Å². The molecule has 9 heteroatoms. The molecule has 0 spiro atoms. The van der Waals surface area contributed by atoms with Gasteiger partial charge in [0.1, 0.15) is 5.82 Å². The molecule has 0 aliphatic carbocycles. The Kier molecular flexibility index (Phi) is 4.28. The van der Waals surface area contributed by atoms with Crippen LogP contribution in [-0.4, -0.2) is 27.6 Å². The zero-order chi connectivity index (χ0) is 18.1. The van der Waals surface area contributed by atoms with Crippen LogP contribution in [0.4, 0.5) is 15.9 Å². The van der Waals surface area contributed by atoms with E-state index in [2.05, 4.69) is 10.3 Å².